The third kappa shape index (κ3) is 3.71. The highest BCUT2D eigenvalue weighted by molar-refractivity contribution is 5.94. The van der Waals surface area contributed by atoms with Crippen molar-refractivity contribution >= 4 is 22.4 Å². The molecule has 0 bridgehead atoms. The third-order valence-corrected chi connectivity index (χ3v) is 6.31. The van der Waals surface area contributed by atoms with Gasteiger partial charge in [0.15, 0.2) is 5.82 Å². The van der Waals surface area contributed by atoms with Crippen molar-refractivity contribution in [3.63, 3.8) is 0 Å². The summed E-state index contributed by atoms with van der Waals surface area (Å²) < 4.78 is 28.6. The zero-order valence-corrected chi connectivity index (χ0v) is 18.7. The highest BCUT2D eigenvalue weighted by atomic mass is 19.1. The van der Waals surface area contributed by atoms with Crippen LogP contribution in [0.5, 0.6) is 0 Å². The molecule has 1 aliphatic heterocycles. The molecule has 3 aromatic rings. The normalized spacial score (nSPS) is 16.0. The van der Waals surface area contributed by atoms with Crippen molar-refractivity contribution in [3.8, 4) is 6.07 Å². The Morgan fingerprint density at radius 3 is 2.56 bits per heavy atom. The Hall–Kier alpha value is -3.38. The van der Waals surface area contributed by atoms with Crippen LogP contribution in [0.15, 0.2) is 24.4 Å². The van der Waals surface area contributed by atoms with Crippen LogP contribution in [0.25, 0.3) is 10.8 Å². The number of aromatic nitrogens is 3. The van der Waals surface area contributed by atoms with Gasteiger partial charge in [0.2, 0.25) is 0 Å². The van der Waals surface area contributed by atoms with E-state index >= 15 is 0 Å². The molecular formula is C23H25F2N7. The largest absolute Gasteiger partial charge is 0.361 e. The van der Waals surface area contributed by atoms with Crippen molar-refractivity contribution in [2.24, 2.45) is 0 Å². The van der Waals surface area contributed by atoms with E-state index in [9.17, 15) is 8.78 Å². The molecule has 0 radical (unpaired) electrons. The Morgan fingerprint density at radius 1 is 1.19 bits per heavy atom. The first-order chi connectivity index (χ1) is 15.1. The molecule has 3 heterocycles. The topological polar surface area (TPSA) is 81.0 Å². The summed E-state index contributed by atoms with van der Waals surface area (Å²) in [6.45, 7) is 7.44. The first-order valence-electron chi connectivity index (χ1n) is 10.3. The van der Waals surface area contributed by atoms with Gasteiger partial charge in [-0.2, -0.15) is 10.4 Å². The number of hydrogen-bond acceptors (Lipinski definition) is 7. The summed E-state index contributed by atoms with van der Waals surface area (Å²) in [6, 6.07) is 4.98. The SMILES string of the molecule is Cc1nnc(N[C@H](C)c2cc(F)cc(C#N)c2F)c2cc(N3CC(C)(N(C)C)C3)ncc12. The molecule has 0 spiro atoms. The lowest BCUT2D eigenvalue weighted by atomic mass is 9.91. The maximum absolute atomic E-state index is 14.7. The first kappa shape index (κ1) is 21.8. The molecular weight excluding hydrogens is 412 g/mol. The van der Waals surface area contributed by atoms with E-state index in [1.807, 2.05) is 13.0 Å². The van der Waals surface area contributed by atoms with Gasteiger partial charge in [-0.15, -0.1) is 5.10 Å². The maximum atomic E-state index is 14.7. The van der Waals surface area contributed by atoms with E-state index in [1.165, 1.54) is 0 Å². The van der Waals surface area contributed by atoms with Crippen LogP contribution in [0, 0.1) is 29.9 Å². The van der Waals surface area contributed by atoms with Crippen LogP contribution in [-0.2, 0) is 0 Å². The Labute approximate surface area is 185 Å². The molecule has 32 heavy (non-hydrogen) atoms. The van der Waals surface area contributed by atoms with Gasteiger partial charge in [-0.25, -0.2) is 13.8 Å². The highest BCUT2D eigenvalue weighted by Gasteiger charge is 2.41. The molecule has 1 N–H and O–H groups in total. The van der Waals surface area contributed by atoms with Crippen LogP contribution in [0.2, 0.25) is 0 Å². The Bertz CT molecular complexity index is 1230. The van der Waals surface area contributed by atoms with E-state index < -0.39 is 17.7 Å². The summed E-state index contributed by atoms with van der Waals surface area (Å²) in [7, 11) is 4.13. The van der Waals surface area contributed by atoms with Gasteiger partial charge in [0.1, 0.15) is 23.5 Å². The predicted molar refractivity (Wildman–Crippen MR) is 119 cm³/mol. The molecule has 0 unspecified atom stereocenters. The zero-order valence-electron chi connectivity index (χ0n) is 18.7. The predicted octanol–water partition coefficient (Wildman–Crippen LogP) is 3.80. The number of pyridine rings is 1. The molecule has 0 aliphatic carbocycles. The van der Waals surface area contributed by atoms with Crippen molar-refractivity contribution in [2.45, 2.75) is 32.4 Å². The molecule has 1 aliphatic rings. The molecule has 1 fully saturated rings. The second-order valence-corrected chi connectivity index (χ2v) is 8.80. The minimum absolute atomic E-state index is 0.0517. The molecule has 0 amide bonds. The fourth-order valence-electron chi connectivity index (χ4n) is 3.95. The van der Waals surface area contributed by atoms with Gasteiger partial charge in [0, 0.05) is 35.6 Å². The van der Waals surface area contributed by atoms with Crippen molar-refractivity contribution in [1.82, 2.24) is 20.1 Å². The highest BCUT2D eigenvalue weighted by Crippen LogP contribution is 2.34. The molecule has 1 saturated heterocycles. The van der Waals surface area contributed by atoms with Crippen molar-refractivity contribution in [2.75, 3.05) is 37.4 Å². The van der Waals surface area contributed by atoms with E-state index in [-0.39, 0.29) is 16.7 Å². The number of nitrogens with zero attached hydrogens (tertiary/aromatic N) is 6. The van der Waals surface area contributed by atoms with Gasteiger partial charge in [-0.05, 0) is 53.1 Å². The Kier molecular flexibility index (Phi) is 5.42. The smallest absolute Gasteiger partial charge is 0.157 e. The summed E-state index contributed by atoms with van der Waals surface area (Å²) in [6.07, 6.45) is 1.77. The number of rotatable bonds is 5. The van der Waals surface area contributed by atoms with Gasteiger partial charge in [0.25, 0.3) is 0 Å². The molecule has 0 saturated carbocycles. The molecule has 2 aromatic heterocycles. The summed E-state index contributed by atoms with van der Waals surface area (Å²) in [4.78, 5) is 9.00. The molecule has 7 nitrogen and oxygen atoms in total. The average Bonchev–Trinajstić information content (AvgIpc) is 2.74. The fraction of sp³-hybridized carbons (Fsp3) is 0.391. The van der Waals surface area contributed by atoms with E-state index in [4.69, 9.17) is 5.26 Å². The summed E-state index contributed by atoms with van der Waals surface area (Å²) in [5.74, 6) is -0.146. The van der Waals surface area contributed by atoms with Gasteiger partial charge in [-0.3, -0.25) is 0 Å². The van der Waals surface area contributed by atoms with Gasteiger partial charge >= 0.3 is 0 Å². The number of aryl methyl sites for hydroxylation is 1. The van der Waals surface area contributed by atoms with Gasteiger partial charge in [-0.1, -0.05) is 0 Å². The van der Waals surface area contributed by atoms with Crippen molar-refractivity contribution < 1.29 is 8.78 Å². The average molecular weight is 437 g/mol. The van der Waals surface area contributed by atoms with E-state index in [1.54, 1.807) is 19.2 Å². The molecule has 1 aromatic carbocycles. The van der Waals surface area contributed by atoms with E-state index in [0.29, 0.717) is 5.82 Å². The second kappa shape index (κ2) is 7.95. The number of nitriles is 1. The fourth-order valence-corrected chi connectivity index (χ4v) is 3.95. The minimum atomic E-state index is -0.746. The summed E-state index contributed by atoms with van der Waals surface area (Å²) in [5, 5.41) is 22.3. The number of hydrogen-bond donors (Lipinski definition) is 1. The lowest BCUT2D eigenvalue weighted by Gasteiger charge is -2.52. The molecule has 166 valence electrons. The zero-order chi connectivity index (χ0) is 23.2. The second-order valence-electron chi connectivity index (χ2n) is 8.80. The summed E-state index contributed by atoms with van der Waals surface area (Å²) in [5.41, 5.74) is 0.534. The Morgan fingerprint density at radius 2 is 1.91 bits per heavy atom. The van der Waals surface area contributed by atoms with Crippen LogP contribution in [-0.4, -0.2) is 52.8 Å². The Balaban J connectivity index is 1.68. The molecule has 9 heteroatoms. The van der Waals surface area contributed by atoms with Gasteiger partial charge < -0.3 is 15.1 Å². The number of nitrogens with one attached hydrogen (secondary N) is 1. The van der Waals surface area contributed by atoms with E-state index in [2.05, 4.69) is 51.3 Å². The first-order valence-corrected chi connectivity index (χ1v) is 10.3. The lowest BCUT2D eigenvalue weighted by Crippen LogP contribution is -2.67. The van der Waals surface area contributed by atoms with Crippen molar-refractivity contribution in [1.29, 1.82) is 5.26 Å². The van der Waals surface area contributed by atoms with Crippen LogP contribution >= 0.6 is 0 Å². The standard InChI is InChI=1S/C23H25F2N7/c1-13(17-7-16(24)6-15(9-26)21(17)25)28-22-18-8-20(27-10-19(18)14(2)29-30-22)32-11-23(3,12-32)31(4)5/h6-8,10,13H,11-12H2,1-5H3,(H,28,30)/t13-/m1/s1. The van der Waals surface area contributed by atoms with Crippen LogP contribution in [0.1, 0.15) is 36.7 Å². The molecule has 1 atom stereocenters. The number of halogens is 2. The molecule has 4 rings (SSSR count). The quantitative estimate of drug-likeness (QED) is 0.650. The van der Waals surface area contributed by atoms with Crippen LogP contribution in [0.4, 0.5) is 20.4 Å². The number of anilines is 2. The van der Waals surface area contributed by atoms with Crippen molar-refractivity contribution in [3.05, 3.63) is 52.9 Å². The minimum Gasteiger partial charge on any atom is -0.361 e. The summed E-state index contributed by atoms with van der Waals surface area (Å²) >= 11 is 0. The third-order valence-electron chi connectivity index (χ3n) is 6.31. The van der Waals surface area contributed by atoms with Crippen LogP contribution < -0.4 is 10.2 Å². The van der Waals surface area contributed by atoms with E-state index in [0.717, 1.165) is 47.5 Å². The van der Waals surface area contributed by atoms with Crippen LogP contribution in [0.3, 0.4) is 0 Å². The monoisotopic (exact) mass is 437 g/mol. The lowest BCUT2D eigenvalue weighted by molar-refractivity contribution is 0.132. The number of fused-ring (bicyclic) bond motifs is 1. The maximum Gasteiger partial charge on any atom is 0.157 e. The number of likely N-dealkylation sites (N-methyl/N-ethyl adjacent to an activating group) is 1. The van der Waals surface area contributed by atoms with Gasteiger partial charge in [0.05, 0.1) is 22.8 Å². The number of benzene rings is 1.